The maximum atomic E-state index is 12.7. The fourth-order valence-electron chi connectivity index (χ4n) is 4.58. The van der Waals surface area contributed by atoms with E-state index in [1.807, 2.05) is 42.6 Å². The molecule has 0 bridgehead atoms. The predicted octanol–water partition coefficient (Wildman–Crippen LogP) is 4.91. The Morgan fingerprint density at radius 1 is 0.806 bits per heavy atom. The average Bonchev–Trinajstić information content (AvgIpc) is 3.05. The lowest BCUT2D eigenvalue weighted by atomic mass is 10.1. The first-order valence-electron chi connectivity index (χ1n) is 11.5. The molecule has 31 heavy (non-hydrogen) atoms. The molecule has 6 heteroatoms. The first kappa shape index (κ1) is 19.8. The minimum atomic E-state index is -0.138. The van der Waals surface area contributed by atoms with Crippen molar-refractivity contribution in [3.05, 3.63) is 60.0 Å². The van der Waals surface area contributed by atoms with Crippen molar-refractivity contribution in [3.63, 3.8) is 0 Å². The minimum absolute atomic E-state index is 0.138. The summed E-state index contributed by atoms with van der Waals surface area (Å²) in [5.74, 6) is 1.84. The van der Waals surface area contributed by atoms with Crippen LogP contribution in [0.15, 0.2) is 48.8 Å². The second kappa shape index (κ2) is 8.92. The van der Waals surface area contributed by atoms with E-state index in [9.17, 15) is 4.79 Å². The predicted molar refractivity (Wildman–Crippen MR) is 123 cm³/mol. The van der Waals surface area contributed by atoms with Crippen LogP contribution in [0.2, 0.25) is 0 Å². The van der Waals surface area contributed by atoms with E-state index < -0.39 is 0 Å². The van der Waals surface area contributed by atoms with Gasteiger partial charge in [-0.3, -0.25) is 4.79 Å². The van der Waals surface area contributed by atoms with Crippen molar-refractivity contribution in [2.45, 2.75) is 51.5 Å². The number of amides is 1. The number of pyridine rings is 1. The molecule has 2 aliphatic heterocycles. The van der Waals surface area contributed by atoms with Crippen LogP contribution in [0, 0.1) is 0 Å². The Labute approximate surface area is 183 Å². The molecule has 1 saturated heterocycles. The summed E-state index contributed by atoms with van der Waals surface area (Å²) in [5.41, 5.74) is 3.74. The number of imidazole rings is 1. The molecule has 1 amide bonds. The van der Waals surface area contributed by atoms with Crippen LogP contribution in [0.25, 0.3) is 11.4 Å². The van der Waals surface area contributed by atoms with E-state index in [1.54, 1.807) is 6.20 Å². The van der Waals surface area contributed by atoms with Crippen molar-refractivity contribution in [2.24, 2.45) is 0 Å². The second-order valence-corrected chi connectivity index (χ2v) is 8.52. The molecule has 1 N–H and O–H groups in total. The van der Waals surface area contributed by atoms with Gasteiger partial charge < -0.3 is 14.8 Å². The summed E-state index contributed by atoms with van der Waals surface area (Å²) in [6.07, 6.45) is 12.2. The van der Waals surface area contributed by atoms with Gasteiger partial charge in [0.05, 0.1) is 5.56 Å². The molecule has 0 unspecified atom stereocenters. The highest BCUT2D eigenvalue weighted by molar-refractivity contribution is 6.04. The van der Waals surface area contributed by atoms with E-state index >= 15 is 0 Å². The zero-order valence-corrected chi connectivity index (χ0v) is 17.9. The van der Waals surface area contributed by atoms with Gasteiger partial charge in [0.25, 0.3) is 5.91 Å². The lowest BCUT2D eigenvalue weighted by Gasteiger charge is -2.21. The number of nitrogens with zero attached hydrogens (tertiary/aromatic N) is 4. The topological polar surface area (TPSA) is 63.1 Å². The van der Waals surface area contributed by atoms with Crippen molar-refractivity contribution in [1.82, 2.24) is 14.5 Å². The highest BCUT2D eigenvalue weighted by atomic mass is 16.1. The molecule has 0 atom stereocenters. The highest BCUT2D eigenvalue weighted by Crippen LogP contribution is 2.26. The van der Waals surface area contributed by atoms with E-state index in [2.05, 4.69) is 24.8 Å². The van der Waals surface area contributed by atoms with Crippen LogP contribution >= 0.6 is 0 Å². The van der Waals surface area contributed by atoms with E-state index in [-0.39, 0.29) is 5.91 Å². The number of hydrogen-bond acceptors (Lipinski definition) is 4. The summed E-state index contributed by atoms with van der Waals surface area (Å²) in [7, 11) is 0. The van der Waals surface area contributed by atoms with E-state index in [0.29, 0.717) is 5.56 Å². The van der Waals surface area contributed by atoms with Gasteiger partial charge in [0.15, 0.2) is 0 Å². The number of anilines is 2. The molecule has 160 valence electrons. The van der Waals surface area contributed by atoms with Gasteiger partial charge in [-0.1, -0.05) is 12.8 Å². The van der Waals surface area contributed by atoms with Crippen molar-refractivity contribution < 1.29 is 4.79 Å². The molecule has 2 aliphatic rings. The zero-order chi connectivity index (χ0) is 21.0. The van der Waals surface area contributed by atoms with Gasteiger partial charge in [0, 0.05) is 49.0 Å². The van der Waals surface area contributed by atoms with Crippen LogP contribution in [0.1, 0.15) is 54.6 Å². The lowest BCUT2D eigenvalue weighted by Crippen LogP contribution is -2.25. The standard InChI is InChI=1S/C25H29N5O/c31-25(20-10-13-23(26-17-20)29-14-4-1-2-5-15-29)28-21-11-8-19(9-12-21)24-27-18-22-7-3-6-16-30(22)24/h8-13,17-18H,1-7,14-16H2,(H,28,31). The first-order chi connectivity index (χ1) is 15.3. The maximum absolute atomic E-state index is 12.7. The summed E-state index contributed by atoms with van der Waals surface area (Å²) in [4.78, 5) is 24.2. The lowest BCUT2D eigenvalue weighted by molar-refractivity contribution is 0.102. The van der Waals surface area contributed by atoms with Crippen molar-refractivity contribution in [1.29, 1.82) is 0 Å². The molecule has 2 aromatic heterocycles. The van der Waals surface area contributed by atoms with E-state index in [1.165, 1.54) is 44.2 Å². The van der Waals surface area contributed by atoms with Gasteiger partial charge in [-0.05, 0) is 68.5 Å². The van der Waals surface area contributed by atoms with Crippen LogP contribution in [0.3, 0.4) is 0 Å². The number of rotatable bonds is 4. The number of nitrogens with one attached hydrogen (secondary N) is 1. The molecule has 1 aromatic carbocycles. The average molecular weight is 416 g/mol. The number of hydrogen-bond donors (Lipinski definition) is 1. The van der Waals surface area contributed by atoms with Crippen LogP contribution in [0.4, 0.5) is 11.5 Å². The molecular weight excluding hydrogens is 386 g/mol. The van der Waals surface area contributed by atoms with Crippen LogP contribution in [-0.4, -0.2) is 33.5 Å². The third-order valence-corrected chi connectivity index (χ3v) is 6.34. The number of carbonyl (C=O) groups excluding carboxylic acids is 1. The molecule has 4 heterocycles. The summed E-state index contributed by atoms with van der Waals surface area (Å²) in [5, 5.41) is 2.98. The Morgan fingerprint density at radius 3 is 2.32 bits per heavy atom. The zero-order valence-electron chi connectivity index (χ0n) is 17.9. The van der Waals surface area contributed by atoms with Crippen molar-refractivity contribution >= 4 is 17.4 Å². The normalized spacial score (nSPS) is 16.5. The summed E-state index contributed by atoms with van der Waals surface area (Å²) in [6, 6.07) is 11.8. The fraction of sp³-hybridized carbons (Fsp3) is 0.400. The monoisotopic (exact) mass is 415 g/mol. The third kappa shape index (κ3) is 4.33. The first-order valence-corrected chi connectivity index (χ1v) is 11.5. The molecule has 0 saturated carbocycles. The fourth-order valence-corrected chi connectivity index (χ4v) is 4.58. The molecule has 1 fully saturated rings. The van der Waals surface area contributed by atoms with Gasteiger partial charge in [0.1, 0.15) is 11.6 Å². The summed E-state index contributed by atoms with van der Waals surface area (Å²) in [6.45, 7) is 3.12. The number of benzene rings is 1. The van der Waals surface area contributed by atoms with E-state index in [4.69, 9.17) is 0 Å². The Morgan fingerprint density at radius 2 is 1.58 bits per heavy atom. The van der Waals surface area contributed by atoms with Crippen LogP contribution in [-0.2, 0) is 13.0 Å². The molecule has 3 aromatic rings. The highest BCUT2D eigenvalue weighted by Gasteiger charge is 2.16. The summed E-state index contributed by atoms with van der Waals surface area (Å²) >= 11 is 0. The molecule has 0 aliphatic carbocycles. The van der Waals surface area contributed by atoms with Crippen molar-refractivity contribution in [2.75, 3.05) is 23.3 Å². The van der Waals surface area contributed by atoms with Gasteiger partial charge in [-0.2, -0.15) is 0 Å². The molecule has 6 nitrogen and oxygen atoms in total. The van der Waals surface area contributed by atoms with Gasteiger partial charge in [0.2, 0.25) is 0 Å². The molecule has 5 rings (SSSR count). The van der Waals surface area contributed by atoms with Gasteiger partial charge in [-0.15, -0.1) is 0 Å². The van der Waals surface area contributed by atoms with Gasteiger partial charge >= 0.3 is 0 Å². The van der Waals surface area contributed by atoms with E-state index in [0.717, 1.165) is 48.9 Å². The Bertz CT molecular complexity index is 1030. The van der Waals surface area contributed by atoms with Crippen LogP contribution < -0.4 is 10.2 Å². The summed E-state index contributed by atoms with van der Waals surface area (Å²) < 4.78 is 2.31. The smallest absolute Gasteiger partial charge is 0.257 e. The maximum Gasteiger partial charge on any atom is 0.257 e. The van der Waals surface area contributed by atoms with Crippen molar-refractivity contribution in [3.8, 4) is 11.4 Å². The largest absolute Gasteiger partial charge is 0.357 e. The van der Waals surface area contributed by atoms with Gasteiger partial charge in [-0.25, -0.2) is 9.97 Å². The van der Waals surface area contributed by atoms with Crippen LogP contribution in [0.5, 0.6) is 0 Å². The third-order valence-electron chi connectivity index (χ3n) is 6.34. The number of fused-ring (bicyclic) bond motifs is 1. The second-order valence-electron chi connectivity index (χ2n) is 8.52. The minimum Gasteiger partial charge on any atom is -0.357 e. The SMILES string of the molecule is O=C(Nc1ccc(-c2ncc3n2CCCC3)cc1)c1ccc(N2CCCCCC2)nc1. The Balaban J connectivity index is 1.25. The molecular formula is C25H29N5O. The Kier molecular flexibility index (Phi) is 5.69. The quantitative estimate of drug-likeness (QED) is 0.657. The number of aromatic nitrogens is 3. The molecule has 0 spiro atoms. The number of aryl methyl sites for hydroxylation is 1. The Hall–Kier alpha value is -3.15. The molecule has 0 radical (unpaired) electrons. The number of carbonyl (C=O) groups is 1.